The maximum absolute atomic E-state index is 13.2. The minimum absolute atomic E-state index is 0.0974. The molecule has 1 amide bonds. The van der Waals surface area contributed by atoms with E-state index in [9.17, 15) is 22.8 Å². The van der Waals surface area contributed by atoms with Crippen molar-refractivity contribution in [1.82, 2.24) is 5.32 Å². The van der Waals surface area contributed by atoms with E-state index in [0.717, 1.165) is 0 Å². The Morgan fingerprint density at radius 1 is 1.11 bits per heavy atom. The highest BCUT2D eigenvalue weighted by Crippen LogP contribution is 2.14. The van der Waals surface area contributed by atoms with Crippen LogP contribution in [0, 0.1) is 17.5 Å². The molecule has 1 aromatic carbocycles. The van der Waals surface area contributed by atoms with Crippen molar-refractivity contribution in [3.63, 3.8) is 0 Å². The van der Waals surface area contributed by atoms with Crippen molar-refractivity contribution in [1.29, 1.82) is 0 Å². The van der Waals surface area contributed by atoms with Gasteiger partial charge >= 0.3 is 5.97 Å². The summed E-state index contributed by atoms with van der Waals surface area (Å²) in [5, 5.41) is 10.7. The van der Waals surface area contributed by atoms with Gasteiger partial charge < -0.3 is 10.4 Å². The van der Waals surface area contributed by atoms with Crippen LogP contribution in [0.2, 0.25) is 0 Å². The van der Waals surface area contributed by atoms with Gasteiger partial charge in [-0.3, -0.25) is 9.59 Å². The van der Waals surface area contributed by atoms with Gasteiger partial charge in [0.15, 0.2) is 11.6 Å². The monoisotopic (exact) mass is 275 g/mol. The minimum Gasteiger partial charge on any atom is -0.481 e. The molecule has 0 saturated heterocycles. The third kappa shape index (κ3) is 4.99. The van der Waals surface area contributed by atoms with Crippen molar-refractivity contribution >= 4 is 11.9 Å². The van der Waals surface area contributed by atoms with Crippen LogP contribution in [0.25, 0.3) is 0 Å². The first kappa shape index (κ1) is 15.0. The second-order valence-corrected chi connectivity index (χ2v) is 3.88. The van der Waals surface area contributed by atoms with E-state index in [4.69, 9.17) is 5.11 Å². The predicted molar refractivity (Wildman–Crippen MR) is 59.9 cm³/mol. The van der Waals surface area contributed by atoms with Crippen LogP contribution in [-0.2, 0) is 16.0 Å². The summed E-state index contributed by atoms with van der Waals surface area (Å²) >= 11 is 0. The molecule has 0 fully saturated rings. The number of benzene rings is 1. The van der Waals surface area contributed by atoms with Gasteiger partial charge in [0.05, 0.1) is 6.42 Å². The molecule has 0 spiro atoms. The van der Waals surface area contributed by atoms with Crippen LogP contribution in [0.4, 0.5) is 13.2 Å². The quantitative estimate of drug-likeness (QED) is 0.612. The second-order valence-electron chi connectivity index (χ2n) is 3.88. The van der Waals surface area contributed by atoms with Gasteiger partial charge in [0, 0.05) is 24.6 Å². The molecule has 1 rings (SSSR count). The molecule has 0 aliphatic heterocycles. The Kier molecular flexibility index (Phi) is 5.35. The van der Waals surface area contributed by atoms with Crippen molar-refractivity contribution in [2.45, 2.75) is 19.3 Å². The number of carboxylic acids is 1. The topological polar surface area (TPSA) is 66.4 Å². The Morgan fingerprint density at radius 2 is 1.74 bits per heavy atom. The average molecular weight is 275 g/mol. The molecule has 104 valence electrons. The largest absolute Gasteiger partial charge is 0.481 e. The Morgan fingerprint density at radius 3 is 2.37 bits per heavy atom. The summed E-state index contributed by atoms with van der Waals surface area (Å²) in [4.78, 5) is 21.6. The third-order valence-corrected chi connectivity index (χ3v) is 2.33. The molecule has 4 nitrogen and oxygen atoms in total. The highest BCUT2D eigenvalue weighted by molar-refractivity contribution is 5.78. The van der Waals surface area contributed by atoms with Crippen molar-refractivity contribution in [3.8, 4) is 0 Å². The van der Waals surface area contributed by atoms with Crippen molar-refractivity contribution in [2.24, 2.45) is 0 Å². The molecule has 0 saturated carbocycles. The van der Waals surface area contributed by atoms with E-state index in [1.54, 1.807) is 0 Å². The van der Waals surface area contributed by atoms with Crippen LogP contribution in [0.1, 0.15) is 18.4 Å². The normalized spacial score (nSPS) is 10.3. The zero-order chi connectivity index (χ0) is 14.4. The Balaban J connectivity index is 2.48. The second kappa shape index (κ2) is 6.77. The van der Waals surface area contributed by atoms with Crippen LogP contribution in [-0.4, -0.2) is 23.5 Å². The number of hydrogen-bond donors (Lipinski definition) is 2. The highest BCUT2D eigenvalue weighted by atomic mass is 19.2. The molecule has 0 bridgehead atoms. The van der Waals surface area contributed by atoms with Crippen LogP contribution in [0.5, 0.6) is 0 Å². The average Bonchev–Trinajstić information content (AvgIpc) is 2.31. The van der Waals surface area contributed by atoms with E-state index in [-0.39, 0.29) is 24.9 Å². The maximum Gasteiger partial charge on any atom is 0.303 e. The number of aliphatic carboxylic acids is 1. The summed E-state index contributed by atoms with van der Waals surface area (Å²) in [6.45, 7) is 0.121. The van der Waals surface area contributed by atoms with Gasteiger partial charge in [0.25, 0.3) is 0 Å². The SMILES string of the molecule is O=C(O)CCCNC(=O)Cc1cc(F)c(F)cc1F. The fourth-order valence-electron chi connectivity index (χ4n) is 1.40. The minimum atomic E-state index is -1.32. The van der Waals surface area contributed by atoms with Gasteiger partial charge in [-0.05, 0) is 12.5 Å². The number of carbonyl (C=O) groups is 2. The summed E-state index contributed by atoms with van der Waals surface area (Å²) in [5.74, 6) is -5.12. The number of carboxylic acid groups (broad SMARTS) is 1. The van der Waals surface area contributed by atoms with Gasteiger partial charge in [0.1, 0.15) is 5.82 Å². The Bertz CT molecular complexity index is 491. The lowest BCUT2D eigenvalue weighted by Gasteiger charge is -2.06. The smallest absolute Gasteiger partial charge is 0.303 e. The van der Waals surface area contributed by atoms with E-state index >= 15 is 0 Å². The van der Waals surface area contributed by atoms with Gasteiger partial charge in [-0.25, -0.2) is 13.2 Å². The molecule has 0 aliphatic rings. The lowest BCUT2D eigenvalue weighted by atomic mass is 10.1. The molecule has 0 aliphatic carbocycles. The van der Waals surface area contributed by atoms with Crippen molar-refractivity contribution < 1.29 is 27.9 Å². The highest BCUT2D eigenvalue weighted by Gasteiger charge is 2.12. The van der Waals surface area contributed by atoms with Gasteiger partial charge in [-0.15, -0.1) is 0 Å². The van der Waals surface area contributed by atoms with Gasteiger partial charge in [-0.1, -0.05) is 0 Å². The number of hydrogen-bond acceptors (Lipinski definition) is 2. The van der Waals surface area contributed by atoms with Crippen LogP contribution in [0.3, 0.4) is 0 Å². The zero-order valence-electron chi connectivity index (χ0n) is 9.88. The summed E-state index contributed by atoms with van der Waals surface area (Å²) in [6, 6.07) is 1.00. The van der Waals surface area contributed by atoms with Gasteiger partial charge in [0.2, 0.25) is 5.91 Å². The zero-order valence-corrected chi connectivity index (χ0v) is 9.88. The Labute approximate surface area is 107 Å². The lowest BCUT2D eigenvalue weighted by molar-refractivity contribution is -0.137. The molecular formula is C12H12F3NO3. The molecule has 0 unspecified atom stereocenters. The molecule has 0 radical (unpaired) electrons. The standard InChI is InChI=1S/C12H12F3NO3/c13-8-6-10(15)9(14)4-7(8)5-11(17)16-3-1-2-12(18)19/h4,6H,1-3,5H2,(H,16,17)(H,18,19). The maximum atomic E-state index is 13.2. The molecule has 0 aromatic heterocycles. The molecule has 0 heterocycles. The summed E-state index contributed by atoms with van der Waals surface area (Å²) in [6.07, 6.45) is -0.294. The summed E-state index contributed by atoms with van der Waals surface area (Å²) in [7, 11) is 0. The van der Waals surface area contributed by atoms with Crippen molar-refractivity contribution in [3.05, 3.63) is 35.1 Å². The Hall–Kier alpha value is -2.05. The molecule has 2 N–H and O–H groups in total. The van der Waals surface area contributed by atoms with Crippen LogP contribution in [0.15, 0.2) is 12.1 Å². The first-order chi connectivity index (χ1) is 8.90. The first-order valence-electron chi connectivity index (χ1n) is 5.52. The number of halogens is 3. The van der Waals surface area contributed by atoms with E-state index in [2.05, 4.69) is 5.32 Å². The van der Waals surface area contributed by atoms with Crippen molar-refractivity contribution in [2.75, 3.05) is 6.54 Å². The molecule has 0 atom stereocenters. The van der Waals surface area contributed by atoms with Crippen LogP contribution >= 0.6 is 0 Å². The molecule has 7 heteroatoms. The number of amides is 1. The third-order valence-electron chi connectivity index (χ3n) is 2.33. The van der Waals surface area contributed by atoms with E-state index in [1.165, 1.54) is 0 Å². The first-order valence-corrected chi connectivity index (χ1v) is 5.52. The van der Waals surface area contributed by atoms with E-state index < -0.39 is 35.7 Å². The van der Waals surface area contributed by atoms with E-state index in [1.807, 2.05) is 0 Å². The van der Waals surface area contributed by atoms with E-state index in [0.29, 0.717) is 12.1 Å². The molecule has 19 heavy (non-hydrogen) atoms. The predicted octanol–water partition coefficient (Wildman–Crippen LogP) is 1.63. The number of rotatable bonds is 6. The number of nitrogens with one attached hydrogen (secondary N) is 1. The molecular weight excluding hydrogens is 263 g/mol. The lowest BCUT2D eigenvalue weighted by Crippen LogP contribution is -2.26. The molecule has 1 aromatic rings. The number of carbonyl (C=O) groups excluding carboxylic acids is 1. The van der Waals surface area contributed by atoms with Crippen LogP contribution < -0.4 is 5.32 Å². The van der Waals surface area contributed by atoms with Gasteiger partial charge in [-0.2, -0.15) is 0 Å². The summed E-state index contributed by atoms with van der Waals surface area (Å²) < 4.78 is 38.7. The fourth-order valence-corrected chi connectivity index (χ4v) is 1.40. The fraction of sp³-hybridized carbons (Fsp3) is 0.333. The summed E-state index contributed by atoms with van der Waals surface area (Å²) in [5.41, 5.74) is -0.255.